The van der Waals surface area contributed by atoms with Gasteiger partial charge < -0.3 is 9.88 Å². The molecule has 1 aromatic carbocycles. The number of benzene rings is 1. The summed E-state index contributed by atoms with van der Waals surface area (Å²) >= 11 is 0. The molecule has 1 aromatic heterocycles. The lowest BCUT2D eigenvalue weighted by atomic mass is 9.79. The van der Waals surface area contributed by atoms with Gasteiger partial charge in [-0.1, -0.05) is 25.3 Å². The molecule has 1 aliphatic rings. The van der Waals surface area contributed by atoms with Crippen LogP contribution in [0, 0.1) is 6.92 Å². The van der Waals surface area contributed by atoms with Crippen LogP contribution < -0.4 is 5.32 Å². The van der Waals surface area contributed by atoms with Crippen LogP contribution in [-0.4, -0.2) is 22.1 Å². The first kappa shape index (κ1) is 14.6. The number of rotatable bonds is 4. The van der Waals surface area contributed by atoms with Crippen LogP contribution in [0.15, 0.2) is 18.2 Å². The van der Waals surface area contributed by atoms with Crippen molar-refractivity contribution in [1.29, 1.82) is 0 Å². The van der Waals surface area contributed by atoms with Gasteiger partial charge in [-0.05, 0) is 51.4 Å². The summed E-state index contributed by atoms with van der Waals surface area (Å²) in [5.74, 6) is 1.24. The average Bonchev–Trinajstić information content (AvgIpc) is 2.84. The maximum atomic E-state index is 4.95. The number of likely N-dealkylation sites (N-methyl/N-ethyl adjacent to an activating group) is 1. The van der Waals surface area contributed by atoms with Crippen molar-refractivity contribution in [2.24, 2.45) is 0 Å². The molecule has 114 valence electrons. The molecular weight excluding hydrogens is 258 g/mol. The van der Waals surface area contributed by atoms with Crippen molar-refractivity contribution in [3.63, 3.8) is 0 Å². The van der Waals surface area contributed by atoms with E-state index in [0.29, 0.717) is 0 Å². The fourth-order valence-corrected chi connectivity index (χ4v) is 3.82. The predicted molar refractivity (Wildman–Crippen MR) is 88.7 cm³/mol. The van der Waals surface area contributed by atoms with Crippen LogP contribution in [0.3, 0.4) is 0 Å². The molecule has 0 bridgehead atoms. The molecule has 0 atom stereocenters. The quantitative estimate of drug-likeness (QED) is 0.925. The minimum absolute atomic E-state index is 0.252. The first-order valence-corrected chi connectivity index (χ1v) is 8.32. The Kier molecular flexibility index (Phi) is 4.03. The smallest absolute Gasteiger partial charge is 0.111 e. The van der Waals surface area contributed by atoms with Crippen molar-refractivity contribution in [3.05, 3.63) is 29.6 Å². The molecule has 3 rings (SSSR count). The summed E-state index contributed by atoms with van der Waals surface area (Å²) < 4.78 is 2.39. The third-order valence-corrected chi connectivity index (χ3v) is 5.14. The minimum atomic E-state index is 0.252. The van der Waals surface area contributed by atoms with Crippen LogP contribution in [0.25, 0.3) is 11.0 Å². The Morgan fingerprint density at radius 1 is 1.24 bits per heavy atom. The van der Waals surface area contributed by atoms with E-state index in [4.69, 9.17) is 4.98 Å². The van der Waals surface area contributed by atoms with Crippen molar-refractivity contribution >= 4 is 11.0 Å². The predicted octanol–water partition coefficient (Wildman–Crippen LogP) is 3.83. The normalized spacial score (nSPS) is 18.2. The van der Waals surface area contributed by atoms with Gasteiger partial charge in [0.15, 0.2) is 0 Å². The van der Waals surface area contributed by atoms with Crippen LogP contribution in [0.5, 0.6) is 0 Å². The number of nitrogens with one attached hydrogen (secondary N) is 1. The molecule has 1 fully saturated rings. The van der Waals surface area contributed by atoms with Gasteiger partial charge in [0.25, 0.3) is 0 Å². The SMILES string of the molecule is CCn1c(CC2(NC)CCCCC2)nc2cc(C)ccc21. The molecule has 3 nitrogen and oxygen atoms in total. The molecule has 3 heteroatoms. The van der Waals surface area contributed by atoms with Crippen LogP contribution in [0.2, 0.25) is 0 Å². The van der Waals surface area contributed by atoms with E-state index in [1.165, 1.54) is 49.0 Å². The van der Waals surface area contributed by atoms with Gasteiger partial charge in [-0.2, -0.15) is 0 Å². The number of fused-ring (bicyclic) bond motifs is 1. The zero-order valence-corrected chi connectivity index (χ0v) is 13.6. The summed E-state index contributed by atoms with van der Waals surface area (Å²) in [5, 5.41) is 3.62. The molecule has 21 heavy (non-hydrogen) atoms. The maximum Gasteiger partial charge on any atom is 0.111 e. The largest absolute Gasteiger partial charge is 0.328 e. The first-order valence-electron chi connectivity index (χ1n) is 8.32. The summed E-state index contributed by atoms with van der Waals surface area (Å²) in [6.07, 6.45) is 7.65. The van der Waals surface area contributed by atoms with Crippen LogP contribution in [0.4, 0.5) is 0 Å². The van der Waals surface area contributed by atoms with E-state index in [9.17, 15) is 0 Å². The molecule has 0 radical (unpaired) electrons. The van der Waals surface area contributed by atoms with E-state index >= 15 is 0 Å². The van der Waals surface area contributed by atoms with Crippen molar-refractivity contribution in [2.45, 2.75) is 64.5 Å². The number of hydrogen-bond donors (Lipinski definition) is 1. The van der Waals surface area contributed by atoms with Gasteiger partial charge in [-0.3, -0.25) is 0 Å². The fourth-order valence-electron chi connectivity index (χ4n) is 3.82. The molecule has 0 aliphatic heterocycles. The highest BCUT2D eigenvalue weighted by Crippen LogP contribution is 2.31. The monoisotopic (exact) mass is 285 g/mol. The molecule has 1 saturated carbocycles. The highest BCUT2D eigenvalue weighted by Gasteiger charge is 2.32. The number of aryl methyl sites for hydroxylation is 2. The Morgan fingerprint density at radius 2 is 2.00 bits per heavy atom. The lowest BCUT2D eigenvalue weighted by Gasteiger charge is -2.37. The summed E-state index contributed by atoms with van der Waals surface area (Å²) in [6, 6.07) is 6.61. The lowest BCUT2D eigenvalue weighted by molar-refractivity contribution is 0.239. The van der Waals surface area contributed by atoms with Crippen molar-refractivity contribution < 1.29 is 0 Å². The Bertz CT molecular complexity index is 621. The second-order valence-electron chi connectivity index (χ2n) is 6.53. The first-order chi connectivity index (χ1) is 10.2. The Morgan fingerprint density at radius 3 is 2.67 bits per heavy atom. The van der Waals surface area contributed by atoms with Gasteiger partial charge in [0.2, 0.25) is 0 Å². The molecule has 0 spiro atoms. The Balaban J connectivity index is 1.99. The number of hydrogen-bond acceptors (Lipinski definition) is 2. The van der Waals surface area contributed by atoms with Crippen LogP contribution in [-0.2, 0) is 13.0 Å². The van der Waals surface area contributed by atoms with E-state index in [-0.39, 0.29) is 5.54 Å². The third-order valence-electron chi connectivity index (χ3n) is 5.14. The average molecular weight is 285 g/mol. The molecule has 0 unspecified atom stereocenters. The molecule has 1 N–H and O–H groups in total. The van der Waals surface area contributed by atoms with Crippen molar-refractivity contribution in [2.75, 3.05) is 7.05 Å². The van der Waals surface area contributed by atoms with Gasteiger partial charge in [-0.25, -0.2) is 4.98 Å². The van der Waals surface area contributed by atoms with Gasteiger partial charge in [0, 0.05) is 18.5 Å². The Labute approximate surface area is 127 Å². The highest BCUT2D eigenvalue weighted by molar-refractivity contribution is 5.76. The summed E-state index contributed by atoms with van der Waals surface area (Å²) in [4.78, 5) is 4.95. The van der Waals surface area contributed by atoms with Crippen molar-refractivity contribution in [1.82, 2.24) is 14.9 Å². The van der Waals surface area contributed by atoms with Gasteiger partial charge in [-0.15, -0.1) is 0 Å². The zero-order chi connectivity index (χ0) is 14.9. The van der Waals surface area contributed by atoms with Crippen molar-refractivity contribution in [3.8, 4) is 0 Å². The van der Waals surface area contributed by atoms with E-state index in [0.717, 1.165) is 18.5 Å². The second-order valence-corrected chi connectivity index (χ2v) is 6.53. The standard InChI is InChI=1S/C18H27N3/c1-4-21-16-9-8-14(2)12-15(16)20-17(21)13-18(19-3)10-6-5-7-11-18/h8-9,12,19H,4-7,10-11,13H2,1-3H3. The summed E-state index contributed by atoms with van der Waals surface area (Å²) in [6.45, 7) is 5.35. The number of aromatic nitrogens is 2. The van der Waals surface area contributed by atoms with E-state index in [1.807, 2.05) is 0 Å². The fraction of sp³-hybridized carbons (Fsp3) is 0.611. The van der Waals surface area contributed by atoms with E-state index < -0.39 is 0 Å². The topological polar surface area (TPSA) is 29.9 Å². The number of nitrogens with zero attached hydrogens (tertiary/aromatic N) is 2. The maximum absolute atomic E-state index is 4.95. The van der Waals surface area contributed by atoms with Crippen LogP contribution in [0.1, 0.15) is 50.4 Å². The highest BCUT2D eigenvalue weighted by atomic mass is 15.1. The lowest BCUT2D eigenvalue weighted by Crippen LogP contribution is -2.47. The van der Waals surface area contributed by atoms with Crippen LogP contribution >= 0.6 is 0 Å². The van der Waals surface area contributed by atoms with Gasteiger partial charge in [0.1, 0.15) is 5.82 Å². The molecule has 0 amide bonds. The summed E-state index contributed by atoms with van der Waals surface area (Å²) in [7, 11) is 2.12. The second kappa shape index (κ2) is 5.80. The minimum Gasteiger partial charge on any atom is -0.328 e. The Hall–Kier alpha value is -1.35. The summed E-state index contributed by atoms with van der Waals surface area (Å²) in [5.41, 5.74) is 3.96. The van der Waals surface area contributed by atoms with E-state index in [2.05, 4.69) is 49.0 Å². The molecule has 0 saturated heterocycles. The molecule has 1 aliphatic carbocycles. The molecule has 1 heterocycles. The molecular formula is C18H27N3. The third kappa shape index (κ3) is 2.71. The number of imidazole rings is 1. The van der Waals surface area contributed by atoms with Gasteiger partial charge in [0.05, 0.1) is 11.0 Å². The molecule has 2 aromatic rings. The van der Waals surface area contributed by atoms with E-state index in [1.54, 1.807) is 0 Å². The zero-order valence-electron chi connectivity index (χ0n) is 13.6. The van der Waals surface area contributed by atoms with Gasteiger partial charge >= 0.3 is 0 Å².